The molecule has 6 heteroatoms. The van der Waals surface area contributed by atoms with Crippen LogP contribution >= 0.6 is 11.6 Å². The number of hydrogen-bond donors (Lipinski definition) is 0. The topological polar surface area (TPSA) is 45.6 Å². The molecule has 30 heavy (non-hydrogen) atoms. The van der Waals surface area contributed by atoms with Gasteiger partial charge < -0.3 is 14.4 Å². The summed E-state index contributed by atoms with van der Waals surface area (Å²) in [4.78, 5) is 30.1. The Balaban J connectivity index is 2.27. The number of benzene rings is 1. The van der Waals surface area contributed by atoms with E-state index in [1.54, 1.807) is 4.90 Å². The van der Waals surface area contributed by atoms with Gasteiger partial charge in [0.1, 0.15) is 6.54 Å². The molecule has 0 aliphatic rings. The first kappa shape index (κ1) is 24.0. The van der Waals surface area contributed by atoms with Crippen molar-refractivity contribution in [3.63, 3.8) is 0 Å². The molecule has 2 amide bonds. The van der Waals surface area contributed by atoms with E-state index in [1.165, 1.54) is 0 Å². The van der Waals surface area contributed by atoms with Crippen molar-refractivity contribution in [1.29, 1.82) is 0 Å². The van der Waals surface area contributed by atoms with E-state index in [2.05, 4.69) is 0 Å². The van der Waals surface area contributed by atoms with E-state index in [4.69, 9.17) is 11.6 Å². The Kier molecular flexibility index (Phi) is 8.54. The summed E-state index contributed by atoms with van der Waals surface area (Å²) in [5, 5.41) is 0. The largest absolute Gasteiger partial charge is 0.353 e. The molecule has 0 fully saturated rings. The van der Waals surface area contributed by atoms with Gasteiger partial charge >= 0.3 is 0 Å². The molecular formula is C24H34ClN3O2. The van der Waals surface area contributed by atoms with Gasteiger partial charge in [-0.05, 0) is 44.9 Å². The maximum absolute atomic E-state index is 13.4. The predicted octanol–water partition coefficient (Wildman–Crippen LogP) is 4.45. The van der Waals surface area contributed by atoms with E-state index in [9.17, 15) is 9.59 Å². The highest BCUT2D eigenvalue weighted by atomic mass is 35.5. The smallest absolute Gasteiger partial charge is 0.242 e. The van der Waals surface area contributed by atoms with E-state index in [0.29, 0.717) is 13.1 Å². The lowest BCUT2D eigenvalue weighted by Gasteiger charge is -2.36. The molecule has 2 rings (SSSR count). The zero-order chi connectivity index (χ0) is 22.3. The summed E-state index contributed by atoms with van der Waals surface area (Å²) in [5.74, 6) is 0.0575. The number of carbonyl (C=O) groups is 2. The number of alkyl halides is 1. The highest BCUT2D eigenvalue weighted by Gasteiger charge is 2.35. The maximum atomic E-state index is 13.4. The van der Waals surface area contributed by atoms with Crippen LogP contribution in [0, 0.1) is 5.41 Å². The number of carbonyl (C=O) groups excluding carboxylic acids is 2. The van der Waals surface area contributed by atoms with Gasteiger partial charge in [0.25, 0.3) is 0 Å². The number of rotatable bonds is 10. The van der Waals surface area contributed by atoms with Crippen molar-refractivity contribution >= 4 is 23.4 Å². The molecule has 0 saturated carbocycles. The molecule has 1 unspecified atom stereocenters. The van der Waals surface area contributed by atoms with Gasteiger partial charge in [-0.25, -0.2) is 0 Å². The second kappa shape index (κ2) is 10.7. The molecule has 0 spiro atoms. The number of nitrogens with zero attached hydrogens (tertiary/aromatic N) is 3. The van der Waals surface area contributed by atoms with Crippen molar-refractivity contribution in [1.82, 2.24) is 14.4 Å². The minimum atomic E-state index is -0.715. The summed E-state index contributed by atoms with van der Waals surface area (Å²) < 4.78 is 2.01. The Morgan fingerprint density at radius 1 is 1.10 bits per heavy atom. The van der Waals surface area contributed by atoms with E-state index in [1.807, 2.05) is 92.9 Å². The van der Waals surface area contributed by atoms with Gasteiger partial charge in [-0.15, -0.1) is 11.6 Å². The van der Waals surface area contributed by atoms with Crippen LogP contribution in [-0.4, -0.2) is 44.6 Å². The highest BCUT2D eigenvalue weighted by Crippen LogP contribution is 2.23. The normalized spacial score (nSPS) is 12.5. The molecule has 5 nitrogen and oxygen atoms in total. The van der Waals surface area contributed by atoms with Gasteiger partial charge in [0.15, 0.2) is 0 Å². The van der Waals surface area contributed by atoms with Crippen LogP contribution < -0.4 is 0 Å². The molecule has 0 radical (unpaired) electrons. The summed E-state index contributed by atoms with van der Waals surface area (Å²) in [5.41, 5.74) is 1.39. The minimum absolute atomic E-state index is 0.0439. The van der Waals surface area contributed by atoms with E-state index >= 15 is 0 Å². The van der Waals surface area contributed by atoms with Crippen LogP contribution in [0.25, 0.3) is 0 Å². The summed E-state index contributed by atoms with van der Waals surface area (Å²) in [6.45, 7) is 8.68. The standard InChI is InChI=1S/C24H34ClN3O2/c1-6-19(2)28(23(30)24(3,4)18-25)17-22(29)27(15-20-11-8-7-9-12-20)16-21-13-10-14-26(21)5/h7-14,19H,6,15-18H2,1-5H3. The van der Waals surface area contributed by atoms with Gasteiger partial charge in [-0.3, -0.25) is 9.59 Å². The molecule has 1 aromatic heterocycles. The van der Waals surface area contributed by atoms with Crippen molar-refractivity contribution in [2.45, 2.75) is 53.2 Å². The summed E-state index contributed by atoms with van der Waals surface area (Å²) in [6, 6.07) is 13.9. The van der Waals surface area contributed by atoms with Crippen molar-refractivity contribution in [3.05, 3.63) is 59.9 Å². The lowest BCUT2D eigenvalue weighted by atomic mass is 9.93. The fraction of sp³-hybridized carbons (Fsp3) is 0.500. The van der Waals surface area contributed by atoms with Crippen molar-refractivity contribution in [2.75, 3.05) is 12.4 Å². The maximum Gasteiger partial charge on any atom is 0.242 e. The van der Waals surface area contributed by atoms with Crippen LogP contribution in [0.15, 0.2) is 48.7 Å². The minimum Gasteiger partial charge on any atom is -0.353 e. The second-order valence-electron chi connectivity index (χ2n) is 8.55. The van der Waals surface area contributed by atoms with E-state index in [-0.39, 0.29) is 30.3 Å². The quantitative estimate of drug-likeness (QED) is 0.522. The monoisotopic (exact) mass is 431 g/mol. The van der Waals surface area contributed by atoms with Crippen LogP contribution in [0.3, 0.4) is 0 Å². The van der Waals surface area contributed by atoms with E-state index < -0.39 is 5.41 Å². The Morgan fingerprint density at radius 3 is 2.30 bits per heavy atom. The average molecular weight is 432 g/mol. The predicted molar refractivity (Wildman–Crippen MR) is 122 cm³/mol. The van der Waals surface area contributed by atoms with Crippen molar-refractivity contribution in [3.8, 4) is 0 Å². The third kappa shape index (κ3) is 6.11. The molecule has 0 aliphatic heterocycles. The fourth-order valence-electron chi connectivity index (χ4n) is 3.23. The molecule has 1 aromatic carbocycles. The third-order valence-corrected chi connectivity index (χ3v) is 6.24. The van der Waals surface area contributed by atoms with E-state index in [0.717, 1.165) is 17.7 Å². The first-order chi connectivity index (χ1) is 14.2. The number of aryl methyl sites for hydroxylation is 1. The molecule has 0 aliphatic carbocycles. The van der Waals surface area contributed by atoms with Gasteiger partial charge in [0.05, 0.1) is 12.0 Å². The molecule has 0 bridgehead atoms. The van der Waals surface area contributed by atoms with Crippen LogP contribution in [0.2, 0.25) is 0 Å². The molecule has 0 N–H and O–H groups in total. The average Bonchev–Trinajstić information content (AvgIpc) is 3.15. The molecular weight excluding hydrogens is 398 g/mol. The van der Waals surface area contributed by atoms with Gasteiger partial charge in [0.2, 0.25) is 11.8 Å². The number of amides is 2. The highest BCUT2D eigenvalue weighted by molar-refractivity contribution is 6.19. The fourth-order valence-corrected chi connectivity index (χ4v) is 3.35. The van der Waals surface area contributed by atoms with Gasteiger partial charge in [-0.2, -0.15) is 0 Å². The summed E-state index contributed by atoms with van der Waals surface area (Å²) >= 11 is 6.05. The number of aromatic nitrogens is 1. The first-order valence-electron chi connectivity index (χ1n) is 10.5. The third-order valence-electron chi connectivity index (χ3n) is 5.58. The second-order valence-corrected chi connectivity index (χ2v) is 8.82. The van der Waals surface area contributed by atoms with Crippen molar-refractivity contribution < 1.29 is 9.59 Å². The van der Waals surface area contributed by atoms with Crippen LogP contribution in [0.1, 0.15) is 45.4 Å². The van der Waals surface area contributed by atoms with Gasteiger partial charge in [0, 0.05) is 37.4 Å². The Hall–Kier alpha value is -2.27. The summed E-state index contributed by atoms with van der Waals surface area (Å²) in [6.07, 6.45) is 2.74. The molecule has 0 saturated heterocycles. The number of hydrogen-bond acceptors (Lipinski definition) is 2. The molecule has 1 heterocycles. The molecule has 164 valence electrons. The summed E-state index contributed by atoms with van der Waals surface area (Å²) in [7, 11) is 1.97. The van der Waals surface area contributed by atoms with Crippen LogP contribution in [0.4, 0.5) is 0 Å². The van der Waals surface area contributed by atoms with Crippen molar-refractivity contribution in [2.24, 2.45) is 12.5 Å². The first-order valence-corrected chi connectivity index (χ1v) is 11.0. The molecule has 1 atom stereocenters. The zero-order valence-electron chi connectivity index (χ0n) is 18.8. The SMILES string of the molecule is CCC(C)N(CC(=O)N(Cc1ccccc1)Cc1cccn1C)C(=O)C(C)(C)CCl. The zero-order valence-corrected chi connectivity index (χ0v) is 19.5. The Bertz CT molecular complexity index is 832. The Morgan fingerprint density at radius 2 is 1.77 bits per heavy atom. The lowest BCUT2D eigenvalue weighted by Crippen LogP contribution is -2.51. The lowest BCUT2D eigenvalue weighted by molar-refractivity contribution is -0.148. The van der Waals surface area contributed by atoms with Crippen LogP contribution in [-0.2, 0) is 29.7 Å². The number of halogens is 1. The van der Waals surface area contributed by atoms with Gasteiger partial charge in [-0.1, -0.05) is 37.3 Å². The van der Waals surface area contributed by atoms with Crippen LogP contribution in [0.5, 0.6) is 0 Å². The molecule has 2 aromatic rings. The Labute approximate surface area is 185 Å².